The molecule has 5 rings (SSSR count). The number of carbonyl (C=O) groups excluding carboxylic acids is 2. The molecule has 31 heavy (non-hydrogen) atoms. The Kier molecular flexibility index (Phi) is 5.31. The van der Waals surface area contributed by atoms with E-state index in [1.807, 2.05) is 37.3 Å². The minimum atomic E-state index is -0.479. The quantitative estimate of drug-likeness (QED) is 0.528. The van der Waals surface area contributed by atoms with Gasteiger partial charge in [-0.2, -0.15) is 0 Å². The topological polar surface area (TPSA) is 103 Å². The molecule has 0 saturated heterocycles. The number of fused-ring (bicyclic) bond motifs is 1. The maximum Gasteiger partial charge on any atom is 0.251 e. The number of nitrogens with two attached hydrogens (primary N) is 1. The summed E-state index contributed by atoms with van der Waals surface area (Å²) in [6.45, 7) is 1.84. The molecule has 0 spiro atoms. The van der Waals surface area contributed by atoms with Crippen molar-refractivity contribution in [1.29, 1.82) is 0 Å². The number of nitrogens with one attached hydrogen (secondary N) is 1. The third-order valence-electron chi connectivity index (χ3n) is 5.67. The molecule has 1 saturated carbocycles. The van der Waals surface area contributed by atoms with Crippen LogP contribution in [-0.2, 0) is 17.6 Å². The molecule has 9 heteroatoms. The van der Waals surface area contributed by atoms with Gasteiger partial charge in [0, 0.05) is 16.5 Å². The number of para-hydroxylation sites is 1. The van der Waals surface area contributed by atoms with Crippen LogP contribution < -0.4 is 11.1 Å². The summed E-state index contributed by atoms with van der Waals surface area (Å²) in [7, 11) is 0. The van der Waals surface area contributed by atoms with E-state index >= 15 is 0 Å². The summed E-state index contributed by atoms with van der Waals surface area (Å²) in [5.74, 6) is 0.723. The lowest BCUT2D eigenvalue weighted by Gasteiger charge is -2.14. The van der Waals surface area contributed by atoms with Crippen LogP contribution in [0.15, 0.2) is 35.5 Å². The largest absolute Gasteiger partial charge is 0.365 e. The van der Waals surface area contributed by atoms with Gasteiger partial charge in [0.05, 0.1) is 10.8 Å². The van der Waals surface area contributed by atoms with Crippen molar-refractivity contribution in [1.82, 2.24) is 14.8 Å². The van der Waals surface area contributed by atoms with E-state index < -0.39 is 11.2 Å². The van der Waals surface area contributed by atoms with Crippen LogP contribution in [0.1, 0.15) is 58.7 Å². The number of amides is 2. The van der Waals surface area contributed by atoms with Gasteiger partial charge in [-0.05, 0) is 56.7 Å². The van der Waals surface area contributed by atoms with E-state index in [2.05, 4.69) is 20.1 Å². The van der Waals surface area contributed by atoms with E-state index in [0.717, 1.165) is 54.1 Å². The first kappa shape index (κ1) is 20.3. The zero-order chi connectivity index (χ0) is 21.5. The van der Waals surface area contributed by atoms with Crippen molar-refractivity contribution in [3.63, 3.8) is 0 Å². The second-order valence-electron chi connectivity index (χ2n) is 7.96. The molecule has 0 radical (unpaired) electrons. The molecule has 1 atom stereocenters. The second-order valence-corrected chi connectivity index (χ2v) is 10.4. The molecule has 0 unspecified atom stereocenters. The van der Waals surface area contributed by atoms with E-state index in [0.29, 0.717) is 21.6 Å². The monoisotopic (exact) mass is 453 g/mol. The molecule has 0 bridgehead atoms. The molecular formula is C22H23N5O2S2. The summed E-state index contributed by atoms with van der Waals surface area (Å²) in [6, 6.07) is 9.99. The number of benzene rings is 1. The fraction of sp³-hybridized carbons (Fsp3) is 0.364. The molecule has 1 fully saturated rings. The van der Waals surface area contributed by atoms with E-state index in [4.69, 9.17) is 5.73 Å². The normalized spacial score (nSPS) is 16.2. The van der Waals surface area contributed by atoms with Crippen LogP contribution >= 0.6 is 23.1 Å². The van der Waals surface area contributed by atoms with Crippen molar-refractivity contribution in [2.75, 3.05) is 5.32 Å². The first-order valence-electron chi connectivity index (χ1n) is 10.5. The molecule has 2 aliphatic rings. The molecule has 0 aliphatic heterocycles. The number of rotatable bonds is 7. The number of hydrogen-bond acceptors (Lipinski definition) is 6. The van der Waals surface area contributed by atoms with Gasteiger partial charge >= 0.3 is 0 Å². The predicted octanol–water partition coefficient (Wildman–Crippen LogP) is 3.91. The molecule has 2 aliphatic carbocycles. The SMILES string of the molecule is C[C@@H](Sc1nnc(C2CC2)n1-c1ccccc1)C(=O)Nc1sc2c(c1C(N)=O)CCC2. The van der Waals surface area contributed by atoms with Gasteiger partial charge in [-0.3, -0.25) is 14.2 Å². The summed E-state index contributed by atoms with van der Waals surface area (Å²) in [6.07, 6.45) is 5.04. The number of aryl methyl sites for hydroxylation is 1. The first-order chi connectivity index (χ1) is 15.0. The van der Waals surface area contributed by atoms with Crippen LogP contribution in [0, 0.1) is 0 Å². The summed E-state index contributed by atoms with van der Waals surface area (Å²) < 4.78 is 2.06. The summed E-state index contributed by atoms with van der Waals surface area (Å²) in [5.41, 5.74) is 8.10. The first-order valence-corrected chi connectivity index (χ1v) is 12.1. The van der Waals surface area contributed by atoms with Gasteiger partial charge in [0.1, 0.15) is 10.8 Å². The fourth-order valence-corrected chi connectivity index (χ4v) is 6.13. The van der Waals surface area contributed by atoms with Crippen LogP contribution in [0.3, 0.4) is 0 Å². The van der Waals surface area contributed by atoms with Gasteiger partial charge in [-0.25, -0.2) is 0 Å². The van der Waals surface area contributed by atoms with Crippen molar-refractivity contribution in [3.8, 4) is 5.69 Å². The molecular weight excluding hydrogens is 430 g/mol. The zero-order valence-corrected chi connectivity index (χ0v) is 18.8. The third-order valence-corrected chi connectivity index (χ3v) is 7.92. The van der Waals surface area contributed by atoms with E-state index in [1.165, 1.54) is 23.1 Å². The number of anilines is 1. The lowest BCUT2D eigenvalue weighted by atomic mass is 10.1. The average molecular weight is 454 g/mol. The Labute approximate surface area is 188 Å². The van der Waals surface area contributed by atoms with Gasteiger partial charge in [0.15, 0.2) is 5.16 Å². The summed E-state index contributed by atoms with van der Waals surface area (Å²) in [5, 5.41) is 12.6. The number of aromatic nitrogens is 3. The Morgan fingerprint density at radius 1 is 1.23 bits per heavy atom. The Bertz CT molecular complexity index is 1150. The zero-order valence-electron chi connectivity index (χ0n) is 17.1. The molecule has 2 heterocycles. The Hall–Kier alpha value is -2.65. The summed E-state index contributed by atoms with van der Waals surface area (Å²) in [4.78, 5) is 26.1. The van der Waals surface area contributed by atoms with Crippen molar-refractivity contribution >= 4 is 39.9 Å². The Morgan fingerprint density at radius 2 is 2.00 bits per heavy atom. The van der Waals surface area contributed by atoms with Crippen molar-refractivity contribution in [3.05, 3.63) is 52.2 Å². The maximum absolute atomic E-state index is 13.0. The maximum atomic E-state index is 13.0. The van der Waals surface area contributed by atoms with Crippen molar-refractivity contribution in [2.24, 2.45) is 5.73 Å². The lowest BCUT2D eigenvalue weighted by molar-refractivity contribution is -0.115. The minimum absolute atomic E-state index is 0.178. The number of thiophene rings is 1. The van der Waals surface area contributed by atoms with Crippen LogP contribution in [0.4, 0.5) is 5.00 Å². The van der Waals surface area contributed by atoms with Crippen LogP contribution in [-0.4, -0.2) is 31.8 Å². The minimum Gasteiger partial charge on any atom is -0.365 e. The van der Waals surface area contributed by atoms with Gasteiger partial charge < -0.3 is 11.1 Å². The van der Waals surface area contributed by atoms with Crippen molar-refractivity contribution < 1.29 is 9.59 Å². The number of thioether (sulfide) groups is 1. The van der Waals surface area contributed by atoms with Crippen LogP contribution in [0.25, 0.3) is 5.69 Å². The smallest absolute Gasteiger partial charge is 0.251 e. The number of hydrogen-bond donors (Lipinski definition) is 2. The molecule has 2 amide bonds. The van der Waals surface area contributed by atoms with E-state index in [9.17, 15) is 9.59 Å². The van der Waals surface area contributed by atoms with Crippen LogP contribution in [0.2, 0.25) is 0 Å². The third kappa shape index (κ3) is 3.87. The second kappa shape index (κ2) is 8.12. The molecule has 3 N–H and O–H groups in total. The van der Waals surface area contributed by atoms with Crippen LogP contribution in [0.5, 0.6) is 0 Å². The highest BCUT2D eigenvalue weighted by Crippen LogP contribution is 2.42. The number of nitrogens with zero attached hydrogens (tertiary/aromatic N) is 3. The molecule has 7 nitrogen and oxygen atoms in total. The van der Waals surface area contributed by atoms with Gasteiger partial charge in [-0.15, -0.1) is 21.5 Å². The number of primary amides is 1. The van der Waals surface area contributed by atoms with E-state index in [1.54, 1.807) is 0 Å². The standard InChI is InChI=1S/C22H23N5O2S2/c1-12(20(29)24-21-17(18(23)28)15-8-5-9-16(15)31-21)30-22-26-25-19(13-10-11-13)27(22)14-6-3-2-4-7-14/h2-4,6-7,12-13H,5,8-11H2,1H3,(H2,23,28)(H,24,29)/t12-/m1/s1. The highest BCUT2D eigenvalue weighted by atomic mass is 32.2. The molecule has 3 aromatic rings. The van der Waals surface area contributed by atoms with Gasteiger partial charge in [0.2, 0.25) is 5.91 Å². The summed E-state index contributed by atoms with van der Waals surface area (Å²) >= 11 is 2.84. The molecule has 1 aromatic carbocycles. The predicted molar refractivity (Wildman–Crippen MR) is 122 cm³/mol. The number of carbonyl (C=O) groups is 2. The van der Waals surface area contributed by atoms with E-state index in [-0.39, 0.29) is 5.91 Å². The fourth-order valence-electron chi connectivity index (χ4n) is 3.96. The Balaban J connectivity index is 1.37. The average Bonchev–Trinajstić information content (AvgIpc) is 3.20. The van der Waals surface area contributed by atoms with Crippen molar-refractivity contribution in [2.45, 2.75) is 55.4 Å². The highest BCUT2D eigenvalue weighted by molar-refractivity contribution is 8.00. The van der Waals surface area contributed by atoms with Gasteiger partial charge in [-0.1, -0.05) is 30.0 Å². The molecule has 2 aromatic heterocycles. The Morgan fingerprint density at radius 3 is 2.71 bits per heavy atom. The molecule has 160 valence electrons. The lowest BCUT2D eigenvalue weighted by Crippen LogP contribution is -2.24. The van der Waals surface area contributed by atoms with Gasteiger partial charge in [0.25, 0.3) is 5.91 Å². The highest BCUT2D eigenvalue weighted by Gasteiger charge is 2.32.